The van der Waals surface area contributed by atoms with Gasteiger partial charge in [0.25, 0.3) is 0 Å². The first-order chi connectivity index (χ1) is 13.7. The van der Waals surface area contributed by atoms with Crippen LogP contribution < -0.4 is 5.32 Å². The standard InChI is InChI=1S/C23H24N2O3/c1-2-22(26)25-13-11-16(12-14-25)24-23(27)28-15-21-19-9-5-3-7-17(19)18-8-4-6-10-20(18)21/h2-10,16,21H,1,11-15H2,(H,24,27). The number of fused-ring (bicyclic) bond motifs is 3. The highest BCUT2D eigenvalue weighted by Crippen LogP contribution is 2.44. The molecule has 0 atom stereocenters. The van der Waals surface area contributed by atoms with Gasteiger partial charge in [-0.2, -0.15) is 0 Å². The molecular formula is C23H24N2O3. The fourth-order valence-electron chi connectivity index (χ4n) is 4.18. The van der Waals surface area contributed by atoms with Crippen LogP contribution in [-0.2, 0) is 9.53 Å². The van der Waals surface area contributed by atoms with Gasteiger partial charge in [-0.05, 0) is 41.2 Å². The molecule has 1 heterocycles. The van der Waals surface area contributed by atoms with E-state index in [1.807, 2.05) is 24.3 Å². The number of rotatable bonds is 4. The van der Waals surface area contributed by atoms with Crippen LogP contribution in [0, 0.1) is 0 Å². The SMILES string of the molecule is C=CC(=O)N1CCC(NC(=O)OCC2c3ccccc3-c3ccccc32)CC1. The van der Waals surface area contributed by atoms with Crippen LogP contribution in [-0.4, -0.2) is 42.6 Å². The number of hydrogen-bond acceptors (Lipinski definition) is 3. The molecule has 1 aliphatic carbocycles. The molecule has 1 aliphatic heterocycles. The summed E-state index contributed by atoms with van der Waals surface area (Å²) >= 11 is 0. The lowest BCUT2D eigenvalue weighted by molar-refractivity contribution is -0.127. The van der Waals surface area contributed by atoms with E-state index in [4.69, 9.17) is 4.74 Å². The van der Waals surface area contributed by atoms with Crippen molar-refractivity contribution in [2.75, 3.05) is 19.7 Å². The summed E-state index contributed by atoms with van der Waals surface area (Å²) in [5.41, 5.74) is 4.83. The number of hydrogen-bond donors (Lipinski definition) is 1. The Morgan fingerprint density at radius 1 is 1.04 bits per heavy atom. The van der Waals surface area contributed by atoms with Gasteiger partial charge in [-0.1, -0.05) is 55.1 Å². The van der Waals surface area contributed by atoms with E-state index >= 15 is 0 Å². The number of carbonyl (C=O) groups is 2. The zero-order chi connectivity index (χ0) is 19.5. The van der Waals surface area contributed by atoms with E-state index in [0.717, 1.165) is 12.8 Å². The topological polar surface area (TPSA) is 58.6 Å². The van der Waals surface area contributed by atoms with Crippen LogP contribution in [0.5, 0.6) is 0 Å². The van der Waals surface area contributed by atoms with Crippen LogP contribution in [0.15, 0.2) is 61.2 Å². The second-order valence-corrected chi connectivity index (χ2v) is 7.27. The molecule has 0 saturated carbocycles. The summed E-state index contributed by atoms with van der Waals surface area (Å²) in [4.78, 5) is 25.7. The average Bonchev–Trinajstić information content (AvgIpc) is 3.06. The molecule has 1 saturated heterocycles. The Kier molecular flexibility index (Phi) is 5.15. The molecule has 5 heteroatoms. The second-order valence-electron chi connectivity index (χ2n) is 7.27. The van der Waals surface area contributed by atoms with Crippen molar-refractivity contribution in [2.24, 2.45) is 0 Å². The lowest BCUT2D eigenvalue weighted by atomic mass is 9.98. The number of ether oxygens (including phenoxy) is 1. The maximum atomic E-state index is 12.3. The Bertz CT molecular complexity index is 855. The van der Waals surface area contributed by atoms with Crippen molar-refractivity contribution < 1.29 is 14.3 Å². The number of alkyl carbamates (subject to hydrolysis) is 1. The second kappa shape index (κ2) is 7.89. The molecule has 1 fully saturated rings. The molecule has 4 rings (SSSR count). The summed E-state index contributed by atoms with van der Waals surface area (Å²) < 4.78 is 5.59. The number of amides is 2. The van der Waals surface area contributed by atoms with Gasteiger partial charge in [-0.15, -0.1) is 0 Å². The maximum Gasteiger partial charge on any atom is 0.407 e. The normalized spacial score (nSPS) is 16.2. The van der Waals surface area contributed by atoms with E-state index in [-0.39, 0.29) is 17.9 Å². The van der Waals surface area contributed by atoms with Crippen molar-refractivity contribution in [1.29, 1.82) is 0 Å². The van der Waals surface area contributed by atoms with Gasteiger partial charge in [-0.25, -0.2) is 4.79 Å². The Morgan fingerprint density at radius 2 is 1.61 bits per heavy atom. The Balaban J connectivity index is 1.35. The maximum absolute atomic E-state index is 12.3. The minimum Gasteiger partial charge on any atom is -0.449 e. The summed E-state index contributed by atoms with van der Waals surface area (Å²) in [6.07, 6.45) is 2.39. The summed E-state index contributed by atoms with van der Waals surface area (Å²) in [6, 6.07) is 16.6. The van der Waals surface area contributed by atoms with E-state index in [2.05, 4.69) is 36.2 Å². The van der Waals surface area contributed by atoms with Crippen molar-refractivity contribution in [3.8, 4) is 11.1 Å². The van der Waals surface area contributed by atoms with Crippen molar-refractivity contribution in [1.82, 2.24) is 10.2 Å². The first-order valence-electron chi connectivity index (χ1n) is 9.70. The lowest BCUT2D eigenvalue weighted by Gasteiger charge is -2.31. The molecule has 2 aromatic carbocycles. The fourth-order valence-corrected chi connectivity index (χ4v) is 4.18. The number of benzene rings is 2. The molecule has 0 radical (unpaired) electrons. The molecule has 2 amide bonds. The minimum absolute atomic E-state index is 0.0320. The molecule has 5 nitrogen and oxygen atoms in total. The van der Waals surface area contributed by atoms with Gasteiger partial charge in [0.1, 0.15) is 6.61 Å². The van der Waals surface area contributed by atoms with E-state index < -0.39 is 6.09 Å². The van der Waals surface area contributed by atoms with E-state index in [1.165, 1.54) is 28.3 Å². The fraction of sp³-hybridized carbons (Fsp3) is 0.304. The number of carbonyl (C=O) groups excluding carboxylic acids is 2. The molecule has 144 valence electrons. The van der Waals surface area contributed by atoms with Gasteiger partial charge < -0.3 is 15.0 Å². The Labute approximate surface area is 165 Å². The summed E-state index contributed by atoms with van der Waals surface area (Å²) in [5, 5.41) is 2.94. The van der Waals surface area contributed by atoms with Gasteiger partial charge in [-0.3, -0.25) is 4.79 Å². The highest BCUT2D eigenvalue weighted by atomic mass is 16.5. The van der Waals surface area contributed by atoms with Crippen molar-refractivity contribution >= 4 is 12.0 Å². The number of nitrogens with one attached hydrogen (secondary N) is 1. The first-order valence-corrected chi connectivity index (χ1v) is 9.70. The molecule has 2 aromatic rings. The van der Waals surface area contributed by atoms with Crippen LogP contribution in [0.4, 0.5) is 4.79 Å². The third-order valence-corrected chi connectivity index (χ3v) is 5.65. The smallest absolute Gasteiger partial charge is 0.407 e. The van der Waals surface area contributed by atoms with E-state index in [0.29, 0.717) is 19.7 Å². The third kappa shape index (κ3) is 3.52. The number of nitrogens with zero attached hydrogens (tertiary/aromatic N) is 1. The number of likely N-dealkylation sites (tertiary alicyclic amines) is 1. The van der Waals surface area contributed by atoms with Crippen LogP contribution in [0.25, 0.3) is 11.1 Å². The predicted molar refractivity (Wildman–Crippen MR) is 108 cm³/mol. The van der Waals surface area contributed by atoms with Gasteiger partial charge in [0.2, 0.25) is 5.91 Å². The molecule has 28 heavy (non-hydrogen) atoms. The summed E-state index contributed by atoms with van der Waals surface area (Å²) in [6.45, 7) is 5.08. The number of piperidine rings is 1. The highest BCUT2D eigenvalue weighted by molar-refractivity contribution is 5.87. The Morgan fingerprint density at radius 3 is 2.18 bits per heavy atom. The molecule has 0 aromatic heterocycles. The summed E-state index contributed by atoms with van der Waals surface area (Å²) in [7, 11) is 0. The largest absolute Gasteiger partial charge is 0.449 e. The third-order valence-electron chi connectivity index (χ3n) is 5.65. The van der Waals surface area contributed by atoms with Crippen LogP contribution >= 0.6 is 0 Å². The van der Waals surface area contributed by atoms with Crippen LogP contribution in [0.3, 0.4) is 0 Å². The Hall–Kier alpha value is -3.08. The van der Waals surface area contributed by atoms with Crippen LogP contribution in [0.1, 0.15) is 29.9 Å². The van der Waals surface area contributed by atoms with Gasteiger partial charge in [0, 0.05) is 25.0 Å². The quantitative estimate of drug-likeness (QED) is 0.828. The molecule has 0 unspecified atom stereocenters. The molecule has 0 spiro atoms. The van der Waals surface area contributed by atoms with Gasteiger partial charge in [0.05, 0.1) is 0 Å². The monoisotopic (exact) mass is 376 g/mol. The lowest BCUT2D eigenvalue weighted by Crippen LogP contribution is -2.46. The van der Waals surface area contributed by atoms with Crippen LogP contribution in [0.2, 0.25) is 0 Å². The molecule has 2 aliphatic rings. The van der Waals surface area contributed by atoms with Crippen molar-refractivity contribution in [2.45, 2.75) is 24.8 Å². The van der Waals surface area contributed by atoms with Crippen molar-refractivity contribution in [3.05, 3.63) is 72.3 Å². The van der Waals surface area contributed by atoms with Gasteiger partial charge in [0.15, 0.2) is 0 Å². The zero-order valence-electron chi connectivity index (χ0n) is 15.8. The van der Waals surface area contributed by atoms with Gasteiger partial charge >= 0.3 is 6.09 Å². The van der Waals surface area contributed by atoms with E-state index in [9.17, 15) is 9.59 Å². The van der Waals surface area contributed by atoms with E-state index in [1.54, 1.807) is 4.90 Å². The zero-order valence-corrected chi connectivity index (χ0v) is 15.8. The van der Waals surface area contributed by atoms with Crippen molar-refractivity contribution in [3.63, 3.8) is 0 Å². The minimum atomic E-state index is -0.393. The average molecular weight is 376 g/mol. The highest BCUT2D eigenvalue weighted by Gasteiger charge is 2.29. The molecular weight excluding hydrogens is 352 g/mol. The molecule has 1 N–H and O–H groups in total. The molecule has 0 bridgehead atoms. The predicted octanol–water partition coefficient (Wildman–Crippen LogP) is 3.70. The first kappa shape index (κ1) is 18.3. The summed E-state index contributed by atoms with van der Waals surface area (Å²) in [5.74, 6) is 0.00445.